The predicted molar refractivity (Wildman–Crippen MR) is 90.3 cm³/mol. The molecule has 0 aliphatic rings. The standard InChI is InChI=1S/C17H18Br2/c1-12-7-8-14(9-13(12)2)10-15(11-18)16-5-3-4-6-17(16)19/h3-9,15H,10-11H2,1-2H3. The molecule has 0 radical (unpaired) electrons. The summed E-state index contributed by atoms with van der Waals surface area (Å²) in [4.78, 5) is 0. The minimum Gasteiger partial charge on any atom is -0.0921 e. The minimum atomic E-state index is 0.498. The monoisotopic (exact) mass is 380 g/mol. The fraction of sp³-hybridized carbons (Fsp3) is 0.294. The smallest absolute Gasteiger partial charge is 0.0210 e. The number of rotatable bonds is 4. The largest absolute Gasteiger partial charge is 0.0921 e. The van der Waals surface area contributed by atoms with E-state index in [2.05, 4.69) is 88.2 Å². The van der Waals surface area contributed by atoms with Gasteiger partial charge in [0, 0.05) is 9.80 Å². The molecule has 19 heavy (non-hydrogen) atoms. The number of alkyl halides is 1. The Morgan fingerprint density at radius 1 is 1.00 bits per heavy atom. The van der Waals surface area contributed by atoms with Gasteiger partial charge in [-0.25, -0.2) is 0 Å². The maximum absolute atomic E-state index is 3.66. The van der Waals surface area contributed by atoms with Crippen LogP contribution in [0.1, 0.15) is 28.2 Å². The molecule has 0 heterocycles. The third kappa shape index (κ3) is 3.70. The first-order chi connectivity index (χ1) is 9.11. The van der Waals surface area contributed by atoms with Gasteiger partial charge in [0.15, 0.2) is 0 Å². The van der Waals surface area contributed by atoms with E-state index in [1.54, 1.807) is 0 Å². The Morgan fingerprint density at radius 3 is 2.37 bits per heavy atom. The Morgan fingerprint density at radius 2 is 1.74 bits per heavy atom. The number of hydrogen-bond acceptors (Lipinski definition) is 0. The summed E-state index contributed by atoms with van der Waals surface area (Å²) in [5.41, 5.74) is 5.51. The summed E-state index contributed by atoms with van der Waals surface area (Å²) in [6, 6.07) is 15.3. The second-order valence-electron chi connectivity index (χ2n) is 5.00. The van der Waals surface area contributed by atoms with Crippen molar-refractivity contribution in [2.24, 2.45) is 0 Å². The highest BCUT2D eigenvalue weighted by Crippen LogP contribution is 2.29. The fourth-order valence-corrected chi connectivity index (χ4v) is 3.46. The van der Waals surface area contributed by atoms with Crippen LogP contribution >= 0.6 is 31.9 Å². The van der Waals surface area contributed by atoms with Gasteiger partial charge in [-0.05, 0) is 54.5 Å². The van der Waals surface area contributed by atoms with E-state index < -0.39 is 0 Å². The zero-order valence-corrected chi connectivity index (χ0v) is 14.5. The molecule has 0 spiro atoms. The molecule has 2 aromatic carbocycles. The third-order valence-corrected chi connectivity index (χ3v) is 5.09. The first kappa shape index (κ1) is 14.8. The van der Waals surface area contributed by atoms with Crippen LogP contribution in [0.15, 0.2) is 46.9 Å². The van der Waals surface area contributed by atoms with E-state index >= 15 is 0 Å². The summed E-state index contributed by atoms with van der Waals surface area (Å²) in [6.07, 6.45) is 1.06. The van der Waals surface area contributed by atoms with E-state index in [4.69, 9.17) is 0 Å². The van der Waals surface area contributed by atoms with Crippen LogP contribution in [0.2, 0.25) is 0 Å². The lowest BCUT2D eigenvalue weighted by atomic mass is 9.92. The Bertz CT molecular complexity index is 561. The second kappa shape index (κ2) is 6.71. The molecule has 0 fully saturated rings. The van der Waals surface area contributed by atoms with Crippen LogP contribution in [0.4, 0.5) is 0 Å². The van der Waals surface area contributed by atoms with Crippen LogP contribution in [-0.4, -0.2) is 5.33 Å². The molecule has 0 aliphatic heterocycles. The lowest BCUT2D eigenvalue weighted by molar-refractivity contribution is 0.770. The summed E-state index contributed by atoms with van der Waals surface area (Å²) in [5, 5.41) is 0.975. The molecule has 1 atom stereocenters. The van der Waals surface area contributed by atoms with Gasteiger partial charge in [0.25, 0.3) is 0 Å². The number of aryl methyl sites for hydroxylation is 2. The highest BCUT2D eigenvalue weighted by Gasteiger charge is 2.14. The van der Waals surface area contributed by atoms with Crippen LogP contribution < -0.4 is 0 Å². The van der Waals surface area contributed by atoms with Crippen LogP contribution in [-0.2, 0) is 6.42 Å². The Balaban J connectivity index is 2.24. The van der Waals surface area contributed by atoms with Crippen molar-refractivity contribution in [3.8, 4) is 0 Å². The zero-order chi connectivity index (χ0) is 13.8. The van der Waals surface area contributed by atoms with Crippen LogP contribution in [0, 0.1) is 13.8 Å². The van der Waals surface area contributed by atoms with Crippen molar-refractivity contribution in [2.45, 2.75) is 26.2 Å². The van der Waals surface area contributed by atoms with Crippen molar-refractivity contribution >= 4 is 31.9 Å². The van der Waals surface area contributed by atoms with E-state index in [9.17, 15) is 0 Å². The van der Waals surface area contributed by atoms with Gasteiger partial charge in [-0.1, -0.05) is 68.3 Å². The Labute approximate surface area is 132 Å². The second-order valence-corrected chi connectivity index (χ2v) is 6.50. The van der Waals surface area contributed by atoms with Crippen molar-refractivity contribution in [3.05, 3.63) is 69.2 Å². The van der Waals surface area contributed by atoms with Gasteiger partial charge in [-0.15, -0.1) is 0 Å². The molecule has 0 N–H and O–H groups in total. The average molecular weight is 382 g/mol. The summed E-state index contributed by atoms with van der Waals surface area (Å²) in [5.74, 6) is 0.498. The van der Waals surface area contributed by atoms with Crippen molar-refractivity contribution in [1.82, 2.24) is 0 Å². The first-order valence-electron chi connectivity index (χ1n) is 6.48. The molecular formula is C17H18Br2. The molecule has 0 aliphatic carbocycles. The number of hydrogen-bond donors (Lipinski definition) is 0. The minimum absolute atomic E-state index is 0.498. The summed E-state index contributed by atoms with van der Waals surface area (Å²) in [6.45, 7) is 4.34. The third-order valence-electron chi connectivity index (χ3n) is 3.58. The predicted octanol–water partition coefficient (Wildman–Crippen LogP) is 5.79. The molecular weight excluding hydrogens is 364 g/mol. The first-order valence-corrected chi connectivity index (χ1v) is 8.39. The van der Waals surface area contributed by atoms with E-state index in [1.165, 1.54) is 26.7 Å². The molecule has 0 saturated heterocycles. The van der Waals surface area contributed by atoms with Gasteiger partial charge in [-0.3, -0.25) is 0 Å². The highest BCUT2D eigenvalue weighted by atomic mass is 79.9. The molecule has 2 aromatic rings. The summed E-state index contributed by atoms with van der Waals surface area (Å²) < 4.78 is 1.20. The summed E-state index contributed by atoms with van der Waals surface area (Å²) in [7, 11) is 0. The van der Waals surface area contributed by atoms with Gasteiger partial charge < -0.3 is 0 Å². The SMILES string of the molecule is Cc1ccc(CC(CBr)c2ccccc2Br)cc1C. The highest BCUT2D eigenvalue weighted by molar-refractivity contribution is 9.10. The lowest BCUT2D eigenvalue weighted by Gasteiger charge is -2.17. The van der Waals surface area contributed by atoms with E-state index in [1.807, 2.05) is 0 Å². The molecule has 0 amide bonds. The van der Waals surface area contributed by atoms with E-state index in [0.717, 1.165) is 11.8 Å². The van der Waals surface area contributed by atoms with Crippen molar-refractivity contribution in [1.29, 1.82) is 0 Å². The Kier molecular flexibility index (Phi) is 5.23. The molecule has 0 saturated carbocycles. The average Bonchev–Trinajstić information content (AvgIpc) is 2.41. The topological polar surface area (TPSA) is 0 Å². The number of benzene rings is 2. The van der Waals surface area contributed by atoms with Gasteiger partial charge in [0.2, 0.25) is 0 Å². The zero-order valence-electron chi connectivity index (χ0n) is 11.3. The lowest BCUT2D eigenvalue weighted by Crippen LogP contribution is -2.05. The maximum atomic E-state index is 3.66. The van der Waals surface area contributed by atoms with E-state index in [-0.39, 0.29) is 0 Å². The Hall–Kier alpha value is -0.600. The molecule has 0 aromatic heterocycles. The molecule has 2 heteroatoms. The van der Waals surface area contributed by atoms with Crippen molar-refractivity contribution < 1.29 is 0 Å². The normalized spacial score (nSPS) is 12.4. The van der Waals surface area contributed by atoms with Gasteiger partial charge in [0.1, 0.15) is 0 Å². The van der Waals surface area contributed by atoms with Gasteiger partial charge in [-0.2, -0.15) is 0 Å². The van der Waals surface area contributed by atoms with Crippen LogP contribution in [0.25, 0.3) is 0 Å². The maximum Gasteiger partial charge on any atom is 0.0210 e. The number of halogens is 2. The fourth-order valence-electron chi connectivity index (χ4n) is 2.27. The summed E-state index contributed by atoms with van der Waals surface area (Å²) >= 11 is 7.31. The molecule has 100 valence electrons. The quantitative estimate of drug-likeness (QED) is 0.588. The van der Waals surface area contributed by atoms with Crippen molar-refractivity contribution in [3.63, 3.8) is 0 Å². The molecule has 1 unspecified atom stereocenters. The van der Waals surface area contributed by atoms with Gasteiger partial charge >= 0.3 is 0 Å². The van der Waals surface area contributed by atoms with Crippen molar-refractivity contribution in [2.75, 3.05) is 5.33 Å². The van der Waals surface area contributed by atoms with Crippen LogP contribution in [0.5, 0.6) is 0 Å². The molecule has 2 rings (SSSR count). The van der Waals surface area contributed by atoms with E-state index in [0.29, 0.717) is 5.92 Å². The van der Waals surface area contributed by atoms with Crippen LogP contribution in [0.3, 0.4) is 0 Å². The van der Waals surface area contributed by atoms with Gasteiger partial charge in [0.05, 0.1) is 0 Å². The molecule has 0 nitrogen and oxygen atoms in total. The molecule has 0 bridgehead atoms.